The normalized spacial score (nSPS) is 12.0. The first-order chi connectivity index (χ1) is 7.72. The molecule has 0 saturated carbocycles. The summed E-state index contributed by atoms with van der Waals surface area (Å²) in [5, 5.41) is 0. The van der Waals surface area contributed by atoms with E-state index in [0.29, 0.717) is 0 Å². The van der Waals surface area contributed by atoms with E-state index in [9.17, 15) is 0 Å². The van der Waals surface area contributed by atoms with Crippen LogP contribution in [0.2, 0.25) is 0 Å². The molecule has 2 N–H and O–H groups in total. The molecule has 0 amide bonds. The van der Waals surface area contributed by atoms with Crippen LogP contribution >= 0.6 is 11.8 Å². The summed E-state index contributed by atoms with van der Waals surface area (Å²) in [6, 6.07) is 6.05. The van der Waals surface area contributed by atoms with Gasteiger partial charge in [-0.15, -0.1) is 11.8 Å². The fourth-order valence-corrected chi connectivity index (χ4v) is 1.92. The van der Waals surface area contributed by atoms with Crippen molar-refractivity contribution in [3.8, 4) is 0 Å². The van der Waals surface area contributed by atoms with Crippen molar-refractivity contribution < 1.29 is 0 Å². The van der Waals surface area contributed by atoms with Gasteiger partial charge in [-0.2, -0.15) is 0 Å². The Balaban J connectivity index is 3.16. The summed E-state index contributed by atoms with van der Waals surface area (Å²) >= 11 is 1.66. The first kappa shape index (κ1) is 12.7. The monoisotopic (exact) mass is 231 g/mol. The molecule has 84 valence electrons. The number of hydrogen-bond acceptors (Lipinski definition) is 2. The second-order valence-corrected chi connectivity index (χ2v) is 4.16. The lowest BCUT2D eigenvalue weighted by molar-refractivity contribution is 1.44. The molecule has 2 heteroatoms. The molecule has 0 spiro atoms. The highest BCUT2D eigenvalue weighted by molar-refractivity contribution is 7.98. The number of benzene rings is 1. The minimum Gasteiger partial charge on any atom is -0.398 e. The maximum absolute atomic E-state index is 5.86. The van der Waals surface area contributed by atoms with Crippen LogP contribution in [-0.4, -0.2) is 6.26 Å². The summed E-state index contributed by atoms with van der Waals surface area (Å²) in [5.74, 6) is 0. The van der Waals surface area contributed by atoms with Crippen molar-refractivity contribution in [2.45, 2.75) is 11.8 Å². The predicted octanol–water partition coefficient (Wildman–Crippen LogP) is 4.14. The SMILES string of the molecule is C=C/C(=C\C=C/C)c1ccc(N)c(SC)c1. The van der Waals surface area contributed by atoms with Gasteiger partial charge in [-0.3, -0.25) is 0 Å². The molecule has 0 bridgehead atoms. The Morgan fingerprint density at radius 3 is 2.75 bits per heavy atom. The maximum Gasteiger partial charge on any atom is 0.0452 e. The van der Waals surface area contributed by atoms with Gasteiger partial charge in [0.25, 0.3) is 0 Å². The molecule has 0 saturated heterocycles. The summed E-state index contributed by atoms with van der Waals surface area (Å²) in [4.78, 5) is 1.10. The van der Waals surface area contributed by atoms with Crippen LogP contribution in [0.25, 0.3) is 5.57 Å². The zero-order valence-corrected chi connectivity index (χ0v) is 10.6. The van der Waals surface area contributed by atoms with Crippen LogP contribution in [0.1, 0.15) is 12.5 Å². The summed E-state index contributed by atoms with van der Waals surface area (Å²) in [6.07, 6.45) is 9.93. The molecule has 16 heavy (non-hydrogen) atoms. The third kappa shape index (κ3) is 3.04. The van der Waals surface area contributed by atoms with E-state index in [-0.39, 0.29) is 0 Å². The molecule has 0 heterocycles. The van der Waals surface area contributed by atoms with E-state index in [2.05, 4.69) is 12.6 Å². The number of nitrogens with two attached hydrogens (primary N) is 1. The van der Waals surface area contributed by atoms with Crippen LogP contribution in [-0.2, 0) is 0 Å². The molecule has 0 aromatic heterocycles. The second kappa shape index (κ2) is 6.23. The maximum atomic E-state index is 5.86. The average Bonchev–Trinajstić information content (AvgIpc) is 2.32. The minimum atomic E-state index is 0.825. The summed E-state index contributed by atoms with van der Waals surface area (Å²) in [5.41, 5.74) is 8.94. The van der Waals surface area contributed by atoms with Gasteiger partial charge in [-0.25, -0.2) is 0 Å². The van der Waals surface area contributed by atoms with E-state index in [1.54, 1.807) is 11.8 Å². The molecule has 0 radical (unpaired) electrons. The highest BCUT2D eigenvalue weighted by Crippen LogP contribution is 2.27. The van der Waals surface area contributed by atoms with Gasteiger partial charge in [0.2, 0.25) is 0 Å². The number of allylic oxidation sites excluding steroid dienone is 5. The Morgan fingerprint density at radius 2 is 2.19 bits per heavy atom. The molecule has 0 aliphatic heterocycles. The molecule has 0 aliphatic carbocycles. The molecule has 0 fully saturated rings. The predicted molar refractivity (Wildman–Crippen MR) is 75.6 cm³/mol. The minimum absolute atomic E-state index is 0.825. The number of nitrogen functional groups attached to an aromatic ring is 1. The zero-order valence-electron chi connectivity index (χ0n) is 9.73. The van der Waals surface area contributed by atoms with Crippen molar-refractivity contribution >= 4 is 23.0 Å². The highest BCUT2D eigenvalue weighted by Gasteiger charge is 2.01. The third-order valence-electron chi connectivity index (χ3n) is 2.25. The molecule has 1 rings (SSSR count). The van der Waals surface area contributed by atoms with E-state index in [1.165, 1.54) is 0 Å². The average molecular weight is 231 g/mol. The lowest BCUT2D eigenvalue weighted by Crippen LogP contribution is -1.90. The smallest absolute Gasteiger partial charge is 0.0452 e. The van der Waals surface area contributed by atoms with E-state index in [1.807, 2.05) is 49.6 Å². The van der Waals surface area contributed by atoms with Crippen LogP contribution in [0.3, 0.4) is 0 Å². The van der Waals surface area contributed by atoms with Gasteiger partial charge in [0.15, 0.2) is 0 Å². The second-order valence-electron chi connectivity index (χ2n) is 3.31. The Hall–Kier alpha value is -1.41. The summed E-state index contributed by atoms with van der Waals surface area (Å²) in [6.45, 7) is 5.82. The zero-order chi connectivity index (χ0) is 12.0. The van der Waals surface area contributed by atoms with Crippen LogP contribution < -0.4 is 5.73 Å². The van der Waals surface area contributed by atoms with E-state index < -0.39 is 0 Å². The van der Waals surface area contributed by atoms with Gasteiger partial charge < -0.3 is 5.73 Å². The summed E-state index contributed by atoms with van der Waals surface area (Å²) in [7, 11) is 0. The lowest BCUT2D eigenvalue weighted by Gasteiger charge is -2.06. The Morgan fingerprint density at radius 1 is 1.44 bits per heavy atom. The Bertz CT molecular complexity index is 430. The lowest BCUT2D eigenvalue weighted by atomic mass is 10.1. The molecule has 1 nitrogen and oxygen atoms in total. The van der Waals surface area contributed by atoms with Crippen molar-refractivity contribution in [3.63, 3.8) is 0 Å². The third-order valence-corrected chi connectivity index (χ3v) is 3.05. The number of thioether (sulfide) groups is 1. The van der Waals surface area contributed by atoms with Crippen LogP contribution in [0, 0.1) is 0 Å². The van der Waals surface area contributed by atoms with Crippen molar-refractivity contribution in [1.29, 1.82) is 0 Å². The topological polar surface area (TPSA) is 26.0 Å². The Labute approximate surface area is 102 Å². The van der Waals surface area contributed by atoms with Gasteiger partial charge in [-0.1, -0.05) is 36.9 Å². The fourth-order valence-electron chi connectivity index (χ4n) is 1.37. The molecule has 1 aromatic carbocycles. The van der Waals surface area contributed by atoms with E-state index >= 15 is 0 Å². The number of anilines is 1. The molecular weight excluding hydrogens is 214 g/mol. The van der Waals surface area contributed by atoms with Crippen LogP contribution in [0.4, 0.5) is 5.69 Å². The van der Waals surface area contributed by atoms with Crippen LogP contribution in [0.15, 0.2) is 54.0 Å². The number of hydrogen-bond donors (Lipinski definition) is 1. The molecular formula is C14H17NS. The first-order valence-corrected chi connectivity index (χ1v) is 6.34. The van der Waals surface area contributed by atoms with Gasteiger partial charge >= 0.3 is 0 Å². The van der Waals surface area contributed by atoms with Crippen molar-refractivity contribution in [2.24, 2.45) is 0 Å². The summed E-state index contributed by atoms with van der Waals surface area (Å²) < 4.78 is 0. The van der Waals surface area contributed by atoms with Crippen LogP contribution in [0.5, 0.6) is 0 Å². The largest absolute Gasteiger partial charge is 0.398 e. The molecule has 0 atom stereocenters. The first-order valence-electron chi connectivity index (χ1n) is 5.12. The van der Waals surface area contributed by atoms with Crippen molar-refractivity contribution in [3.05, 3.63) is 54.6 Å². The highest BCUT2D eigenvalue weighted by atomic mass is 32.2. The standard InChI is InChI=1S/C14H17NS/c1-4-6-7-11(5-2)12-8-9-13(15)14(10-12)16-3/h4-10H,2,15H2,1,3H3/b6-4-,11-7+. The fraction of sp³-hybridized carbons (Fsp3) is 0.143. The number of rotatable bonds is 4. The van der Waals surface area contributed by atoms with Crippen molar-refractivity contribution in [2.75, 3.05) is 12.0 Å². The molecule has 0 unspecified atom stereocenters. The molecule has 1 aromatic rings. The van der Waals surface area contributed by atoms with Gasteiger partial charge in [-0.05, 0) is 36.4 Å². The quantitative estimate of drug-likeness (QED) is 0.479. The van der Waals surface area contributed by atoms with Gasteiger partial charge in [0.05, 0.1) is 0 Å². The van der Waals surface area contributed by atoms with Crippen molar-refractivity contribution in [1.82, 2.24) is 0 Å². The van der Waals surface area contributed by atoms with E-state index in [0.717, 1.165) is 21.7 Å². The van der Waals surface area contributed by atoms with Gasteiger partial charge in [0, 0.05) is 10.6 Å². The Kier molecular flexibility index (Phi) is 4.93. The molecule has 0 aliphatic rings. The van der Waals surface area contributed by atoms with E-state index in [4.69, 9.17) is 5.73 Å². The van der Waals surface area contributed by atoms with Gasteiger partial charge in [0.1, 0.15) is 0 Å².